The zero-order valence-electron chi connectivity index (χ0n) is 10.8. The summed E-state index contributed by atoms with van der Waals surface area (Å²) in [6.45, 7) is 2.17. The summed E-state index contributed by atoms with van der Waals surface area (Å²) in [6.07, 6.45) is 8.19. The predicted octanol–water partition coefficient (Wildman–Crippen LogP) is 4.97. The van der Waals surface area contributed by atoms with E-state index < -0.39 is 0 Å². The van der Waals surface area contributed by atoms with Gasteiger partial charge in [-0.05, 0) is 30.7 Å². The van der Waals surface area contributed by atoms with Crippen LogP contribution >= 0.6 is 11.6 Å². The lowest BCUT2D eigenvalue weighted by atomic mass is 9.78. The normalized spacial score (nSPS) is 19.2. The zero-order valence-corrected chi connectivity index (χ0v) is 11.5. The van der Waals surface area contributed by atoms with Crippen LogP contribution in [0.4, 0.5) is 0 Å². The summed E-state index contributed by atoms with van der Waals surface area (Å²) < 4.78 is 0. The molecule has 1 fully saturated rings. The Morgan fingerprint density at radius 3 is 2.65 bits per heavy atom. The van der Waals surface area contributed by atoms with Crippen molar-refractivity contribution >= 4 is 11.6 Å². The SMILES string of the molecule is Cc1cccc(CC(CCl)C2CCCCC2)c1. The Balaban J connectivity index is 1.98. The second-order valence-corrected chi connectivity index (χ2v) is 5.81. The smallest absolute Gasteiger partial charge is 0.0257 e. The first-order valence-corrected chi connectivity index (χ1v) is 7.44. The molecule has 94 valence electrons. The van der Waals surface area contributed by atoms with Crippen LogP contribution in [0.1, 0.15) is 43.2 Å². The molecule has 0 radical (unpaired) electrons. The molecule has 1 atom stereocenters. The number of benzene rings is 1. The van der Waals surface area contributed by atoms with Crippen LogP contribution in [0.2, 0.25) is 0 Å². The quantitative estimate of drug-likeness (QED) is 0.662. The van der Waals surface area contributed by atoms with Crippen molar-refractivity contribution in [3.8, 4) is 0 Å². The molecular formula is C16H23Cl. The number of alkyl halides is 1. The fourth-order valence-electron chi connectivity index (χ4n) is 3.09. The van der Waals surface area contributed by atoms with Gasteiger partial charge >= 0.3 is 0 Å². The highest BCUT2D eigenvalue weighted by atomic mass is 35.5. The molecule has 1 aliphatic rings. The van der Waals surface area contributed by atoms with Crippen molar-refractivity contribution in [2.45, 2.75) is 45.4 Å². The second-order valence-electron chi connectivity index (χ2n) is 5.51. The molecule has 1 heteroatoms. The molecule has 1 saturated carbocycles. The molecule has 17 heavy (non-hydrogen) atoms. The van der Waals surface area contributed by atoms with Crippen molar-refractivity contribution in [2.75, 3.05) is 5.88 Å². The summed E-state index contributed by atoms with van der Waals surface area (Å²) in [5.41, 5.74) is 2.82. The van der Waals surface area contributed by atoms with Gasteiger partial charge in [0.05, 0.1) is 0 Å². The van der Waals surface area contributed by atoms with E-state index in [-0.39, 0.29) is 0 Å². The molecule has 1 aliphatic carbocycles. The number of halogens is 1. The van der Waals surface area contributed by atoms with Crippen LogP contribution in [0, 0.1) is 18.8 Å². The van der Waals surface area contributed by atoms with Gasteiger partial charge in [0.2, 0.25) is 0 Å². The Hall–Kier alpha value is -0.490. The van der Waals surface area contributed by atoms with Gasteiger partial charge in [-0.1, -0.05) is 61.9 Å². The Bertz CT molecular complexity index is 339. The Morgan fingerprint density at radius 1 is 1.24 bits per heavy atom. The molecule has 0 aliphatic heterocycles. The molecule has 0 nitrogen and oxygen atoms in total. The minimum atomic E-state index is 0.679. The van der Waals surface area contributed by atoms with Crippen molar-refractivity contribution in [2.24, 2.45) is 11.8 Å². The number of rotatable bonds is 4. The van der Waals surface area contributed by atoms with Crippen molar-refractivity contribution in [1.82, 2.24) is 0 Å². The summed E-state index contributed by atoms with van der Waals surface area (Å²) >= 11 is 6.19. The van der Waals surface area contributed by atoms with E-state index in [4.69, 9.17) is 11.6 Å². The summed E-state index contributed by atoms with van der Waals surface area (Å²) in [5.74, 6) is 2.36. The van der Waals surface area contributed by atoms with Gasteiger partial charge in [-0.3, -0.25) is 0 Å². The Labute approximate surface area is 110 Å². The Kier molecular flexibility index (Phi) is 4.91. The summed E-state index contributed by atoms with van der Waals surface area (Å²) in [6, 6.07) is 8.88. The van der Waals surface area contributed by atoms with Gasteiger partial charge in [-0.15, -0.1) is 11.6 Å². The Morgan fingerprint density at radius 2 is 2.00 bits per heavy atom. The van der Waals surface area contributed by atoms with Crippen molar-refractivity contribution in [3.63, 3.8) is 0 Å². The van der Waals surface area contributed by atoms with Gasteiger partial charge in [-0.25, -0.2) is 0 Å². The van der Waals surface area contributed by atoms with Crippen molar-refractivity contribution in [3.05, 3.63) is 35.4 Å². The summed E-state index contributed by atoms with van der Waals surface area (Å²) in [5, 5.41) is 0. The maximum atomic E-state index is 6.19. The van der Waals surface area contributed by atoms with Crippen LogP contribution in [0.25, 0.3) is 0 Å². The van der Waals surface area contributed by atoms with E-state index in [0.717, 1.165) is 18.2 Å². The second kappa shape index (κ2) is 6.44. The molecule has 0 spiro atoms. The minimum absolute atomic E-state index is 0.679. The van der Waals surface area contributed by atoms with Gasteiger partial charge in [0.15, 0.2) is 0 Å². The van der Waals surface area contributed by atoms with E-state index >= 15 is 0 Å². The van der Waals surface area contributed by atoms with E-state index in [1.54, 1.807) is 0 Å². The van der Waals surface area contributed by atoms with Gasteiger partial charge in [0.25, 0.3) is 0 Å². The van der Waals surface area contributed by atoms with Gasteiger partial charge in [-0.2, -0.15) is 0 Å². The first kappa shape index (κ1) is 13.0. The lowest BCUT2D eigenvalue weighted by Gasteiger charge is -2.29. The standard InChI is InChI=1S/C16H23Cl/c1-13-6-5-7-14(10-13)11-16(12-17)15-8-3-2-4-9-15/h5-7,10,15-16H,2-4,8-9,11-12H2,1H3. The van der Waals surface area contributed by atoms with Gasteiger partial charge in [0.1, 0.15) is 0 Å². The zero-order chi connectivity index (χ0) is 12.1. The van der Waals surface area contributed by atoms with Crippen LogP contribution in [-0.4, -0.2) is 5.88 Å². The van der Waals surface area contributed by atoms with E-state index in [2.05, 4.69) is 31.2 Å². The number of hydrogen-bond acceptors (Lipinski definition) is 0. The molecule has 0 heterocycles. The molecule has 0 saturated heterocycles. The topological polar surface area (TPSA) is 0 Å². The lowest BCUT2D eigenvalue weighted by Crippen LogP contribution is -2.21. The number of aryl methyl sites for hydroxylation is 1. The van der Waals surface area contributed by atoms with E-state index in [1.165, 1.54) is 43.2 Å². The molecule has 0 bridgehead atoms. The first-order chi connectivity index (χ1) is 8.29. The van der Waals surface area contributed by atoms with Crippen LogP contribution < -0.4 is 0 Å². The molecule has 1 aromatic rings. The molecule has 2 rings (SSSR count). The fourth-order valence-corrected chi connectivity index (χ4v) is 3.46. The molecule has 0 amide bonds. The van der Waals surface area contributed by atoms with Crippen LogP contribution in [0.15, 0.2) is 24.3 Å². The highest BCUT2D eigenvalue weighted by Crippen LogP contribution is 2.32. The maximum Gasteiger partial charge on any atom is 0.0257 e. The van der Waals surface area contributed by atoms with E-state index in [9.17, 15) is 0 Å². The molecule has 1 unspecified atom stereocenters. The average molecular weight is 251 g/mol. The highest BCUT2D eigenvalue weighted by molar-refractivity contribution is 6.18. The largest absolute Gasteiger partial charge is 0.126 e. The monoisotopic (exact) mass is 250 g/mol. The minimum Gasteiger partial charge on any atom is -0.126 e. The summed E-state index contributed by atoms with van der Waals surface area (Å²) in [4.78, 5) is 0. The van der Waals surface area contributed by atoms with Gasteiger partial charge in [0, 0.05) is 5.88 Å². The third-order valence-electron chi connectivity index (χ3n) is 4.10. The third-order valence-corrected chi connectivity index (χ3v) is 4.49. The average Bonchev–Trinajstić information content (AvgIpc) is 2.37. The van der Waals surface area contributed by atoms with E-state index in [1.807, 2.05) is 0 Å². The number of hydrogen-bond donors (Lipinski definition) is 0. The van der Waals surface area contributed by atoms with Crippen molar-refractivity contribution < 1.29 is 0 Å². The maximum absolute atomic E-state index is 6.19. The lowest BCUT2D eigenvalue weighted by molar-refractivity contribution is 0.265. The molecule has 0 aromatic heterocycles. The highest BCUT2D eigenvalue weighted by Gasteiger charge is 2.23. The first-order valence-electron chi connectivity index (χ1n) is 6.91. The molecule has 1 aromatic carbocycles. The fraction of sp³-hybridized carbons (Fsp3) is 0.625. The molecular weight excluding hydrogens is 228 g/mol. The summed E-state index contributed by atoms with van der Waals surface area (Å²) in [7, 11) is 0. The van der Waals surface area contributed by atoms with E-state index in [0.29, 0.717) is 5.92 Å². The third kappa shape index (κ3) is 3.74. The van der Waals surface area contributed by atoms with Crippen LogP contribution in [0.3, 0.4) is 0 Å². The predicted molar refractivity (Wildman–Crippen MR) is 75.7 cm³/mol. The van der Waals surface area contributed by atoms with Crippen molar-refractivity contribution in [1.29, 1.82) is 0 Å². The molecule has 0 N–H and O–H groups in total. The van der Waals surface area contributed by atoms with Crippen LogP contribution in [0.5, 0.6) is 0 Å². The van der Waals surface area contributed by atoms with Crippen LogP contribution in [-0.2, 0) is 6.42 Å². The van der Waals surface area contributed by atoms with Gasteiger partial charge < -0.3 is 0 Å².